The highest BCUT2D eigenvalue weighted by Crippen LogP contribution is 2.25. The fourth-order valence-electron chi connectivity index (χ4n) is 1.56. The maximum atomic E-state index is 5.62. The predicted octanol–water partition coefficient (Wildman–Crippen LogP) is 2.96. The molecule has 0 saturated carbocycles. The maximum Gasteiger partial charge on any atom is 0.188 e. The van der Waals surface area contributed by atoms with Crippen LogP contribution in [0.25, 0.3) is 0 Å². The predicted molar refractivity (Wildman–Crippen MR) is 76.7 cm³/mol. The molecule has 19 heavy (non-hydrogen) atoms. The molecule has 1 aromatic rings. The highest BCUT2D eigenvalue weighted by Gasteiger charge is 2.07. The van der Waals surface area contributed by atoms with Gasteiger partial charge in [0.15, 0.2) is 6.79 Å². The second kappa shape index (κ2) is 8.77. The second-order valence-electron chi connectivity index (χ2n) is 4.70. The molecule has 1 aromatic carbocycles. The van der Waals surface area contributed by atoms with E-state index < -0.39 is 0 Å². The quantitative estimate of drug-likeness (QED) is 0.698. The monoisotopic (exact) mass is 267 g/mol. The first-order valence-corrected chi connectivity index (χ1v) is 6.78. The van der Waals surface area contributed by atoms with Crippen molar-refractivity contribution < 1.29 is 14.2 Å². The molecule has 0 fully saturated rings. The van der Waals surface area contributed by atoms with Crippen LogP contribution in [0.15, 0.2) is 18.2 Å². The summed E-state index contributed by atoms with van der Waals surface area (Å²) in [5.41, 5.74) is 1.11. The minimum atomic E-state index is 0.242. The topological polar surface area (TPSA) is 39.7 Å². The summed E-state index contributed by atoms with van der Waals surface area (Å²) >= 11 is 0. The van der Waals surface area contributed by atoms with E-state index in [1.54, 1.807) is 7.11 Å². The van der Waals surface area contributed by atoms with E-state index in [-0.39, 0.29) is 6.79 Å². The number of hydrogen-bond donors (Lipinski definition) is 1. The Balaban J connectivity index is 2.76. The molecule has 4 nitrogen and oxygen atoms in total. The van der Waals surface area contributed by atoms with E-state index in [1.807, 2.05) is 18.2 Å². The third-order valence-electron chi connectivity index (χ3n) is 2.54. The van der Waals surface area contributed by atoms with E-state index in [2.05, 4.69) is 26.1 Å². The van der Waals surface area contributed by atoms with E-state index in [9.17, 15) is 0 Å². The molecule has 108 valence electrons. The van der Waals surface area contributed by atoms with Gasteiger partial charge < -0.3 is 19.5 Å². The smallest absolute Gasteiger partial charge is 0.188 e. The first-order chi connectivity index (χ1) is 9.17. The zero-order valence-corrected chi connectivity index (χ0v) is 12.4. The zero-order valence-electron chi connectivity index (χ0n) is 12.4. The van der Waals surface area contributed by atoms with Crippen LogP contribution in [-0.2, 0) is 11.3 Å². The van der Waals surface area contributed by atoms with Crippen LogP contribution in [0.2, 0.25) is 0 Å². The van der Waals surface area contributed by atoms with E-state index >= 15 is 0 Å². The summed E-state index contributed by atoms with van der Waals surface area (Å²) in [7, 11) is 1.61. The van der Waals surface area contributed by atoms with Gasteiger partial charge in [-0.3, -0.25) is 0 Å². The molecular formula is C15H25NO3. The fourth-order valence-corrected chi connectivity index (χ4v) is 1.56. The molecule has 1 rings (SSSR count). The lowest BCUT2D eigenvalue weighted by molar-refractivity contribution is 0.0501. The molecule has 1 N–H and O–H groups in total. The Labute approximate surface area is 116 Å². The molecule has 0 amide bonds. The third kappa shape index (κ3) is 5.94. The first kappa shape index (κ1) is 15.8. The van der Waals surface area contributed by atoms with Crippen LogP contribution >= 0.6 is 0 Å². The summed E-state index contributed by atoms with van der Waals surface area (Å²) in [6.07, 6.45) is 0.991. The Hall–Kier alpha value is -1.26. The molecule has 0 atom stereocenters. The van der Waals surface area contributed by atoms with Gasteiger partial charge in [-0.25, -0.2) is 0 Å². The van der Waals surface area contributed by atoms with Gasteiger partial charge >= 0.3 is 0 Å². The van der Waals surface area contributed by atoms with Gasteiger partial charge in [0, 0.05) is 31.3 Å². The van der Waals surface area contributed by atoms with E-state index in [4.69, 9.17) is 14.2 Å². The van der Waals surface area contributed by atoms with Crippen molar-refractivity contribution in [1.29, 1.82) is 0 Å². The lowest BCUT2D eigenvalue weighted by Crippen LogP contribution is -2.22. The molecule has 0 aromatic heterocycles. The molecule has 0 spiro atoms. The average Bonchev–Trinajstić information content (AvgIpc) is 2.41. The van der Waals surface area contributed by atoms with Gasteiger partial charge in [-0.15, -0.1) is 0 Å². The minimum absolute atomic E-state index is 0.242. The van der Waals surface area contributed by atoms with Crippen molar-refractivity contribution in [2.45, 2.75) is 39.8 Å². The number of methoxy groups -OCH3 is 1. The molecule has 0 aliphatic carbocycles. The highest BCUT2D eigenvalue weighted by atomic mass is 16.7. The van der Waals surface area contributed by atoms with Crippen molar-refractivity contribution in [2.75, 3.05) is 20.5 Å². The third-order valence-corrected chi connectivity index (χ3v) is 2.54. The average molecular weight is 267 g/mol. The van der Waals surface area contributed by atoms with E-state index in [0.29, 0.717) is 12.6 Å². The zero-order chi connectivity index (χ0) is 14.1. The van der Waals surface area contributed by atoms with Gasteiger partial charge in [-0.2, -0.15) is 0 Å². The van der Waals surface area contributed by atoms with Crippen molar-refractivity contribution >= 4 is 0 Å². The van der Waals surface area contributed by atoms with Crippen LogP contribution in [0.1, 0.15) is 32.8 Å². The number of ether oxygens (including phenoxy) is 3. The van der Waals surface area contributed by atoms with Crippen molar-refractivity contribution in [3.63, 3.8) is 0 Å². The van der Waals surface area contributed by atoms with Crippen molar-refractivity contribution in [3.8, 4) is 11.5 Å². The van der Waals surface area contributed by atoms with Crippen LogP contribution in [0.3, 0.4) is 0 Å². The molecule has 0 radical (unpaired) electrons. The molecule has 0 unspecified atom stereocenters. The van der Waals surface area contributed by atoms with Crippen LogP contribution in [0, 0.1) is 0 Å². The van der Waals surface area contributed by atoms with Crippen LogP contribution < -0.4 is 14.8 Å². The molecule has 0 aliphatic rings. The molecule has 4 heteroatoms. The Morgan fingerprint density at radius 2 is 2.00 bits per heavy atom. The lowest BCUT2D eigenvalue weighted by atomic mass is 10.2. The standard InChI is InChI=1S/C15H25NO3/c1-5-8-18-14-7-6-13(10-16-12(2)3)15(9-14)19-11-17-4/h6-7,9,12,16H,5,8,10-11H2,1-4H3. The molecular weight excluding hydrogens is 242 g/mol. The van der Waals surface area contributed by atoms with Crippen molar-refractivity contribution in [1.82, 2.24) is 5.32 Å². The SMILES string of the molecule is CCCOc1ccc(CNC(C)C)c(OCOC)c1. The van der Waals surface area contributed by atoms with Crippen LogP contribution in [0.5, 0.6) is 11.5 Å². The highest BCUT2D eigenvalue weighted by molar-refractivity contribution is 5.40. The summed E-state index contributed by atoms with van der Waals surface area (Å²) in [6, 6.07) is 6.37. The minimum Gasteiger partial charge on any atom is -0.493 e. The molecule has 0 aliphatic heterocycles. The van der Waals surface area contributed by atoms with Gasteiger partial charge in [0.1, 0.15) is 11.5 Å². The summed E-state index contributed by atoms with van der Waals surface area (Å²) in [5, 5.41) is 3.38. The van der Waals surface area contributed by atoms with Crippen LogP contribution in [0.4, 0.5) is 0 Å². The van der Waals surface area contributed by atoms with E-state index in [1.165, 1.54) is 0 Å². The number of benzene rings is 1. The molecule has 0 heterocycles. The first-order valence-electron chi connectivity index (χ1n) is 6.78. The maximum absolute atomic E-state index is 5.62. The second-order valence-corrected chi connectivity index (χ2v) is 4.70. The van der Waals surface area contributed by atoms with Gasteiger partial charge in [0.05, 0.1) is 6.61 Å². The molecule has 0 bridgehead atoms. The van der Waals surface area contributed by atoms with Crippen molar-refractivity contribution in [2.24, 2.45) is 0 Å². The number of hydrogen-bond acceptors (Lipinski definition) is 4. The number of nitrogens with one attached hydrogen (secondary N) is 1. The van der Waals surface area contributed by atoms with Gasteiger partial charge in [0.2, 0.25) is 0 Å². The van der Waals surface area contributed by atoms with Crippen LogP contribution in [-0.4, -0.2) is 26.6 Å². The Morgan fingerprint density at radius 1 is 1.21 bits per heavy atom. The Bertz CT molecular complexity index is 366. The fraction of sp³-hybridized carbons (Fsp3) is 0.600. The summed E-state index contributed by atoms with van der Waals surface area (Å²) in [6.45, 7) is 8.05. The Kier molecular flexibility index (Phi) is 7.30. The van der Waals surface area contributed by atoms with E-state index in [0.717, 1.165) is 30.0 Å². The normalized spacial score (nSPS) is 10.8. The lowest BCUT2D eigenvalue weighted by Gasteiger charge is -2.15. The summed E-state index contributed by atoms with van der Waals surface area (Å²) in [4.78, 5) is 0. The largest absolute Gasteiger partial charge is 0.493 e. The van der Waals surface area contributed by atoms with Gasteiger partial charge in [-0.1, -0.05) is 26.8 Å². The summed E-state index contributed by atoms with van der Waals surface area (Å²) in [5.74, 6) is 1.64. The summed E-state index contributed by atoms with van der Waals surface area (Å²) < 4.78 is 16.2. The van der Waals surface area contributed by atoms with Gasteiger partial charge in [-0.05, 0) is 12.5 Å². The van der Waals surface area contributed by atoms with Crippen molar-refractivity contribution in [3.05, 3.63) is 23.8 Å². The van der Waals surface area contributed by atoms with Gasteiger partial charge in [0.25, 0.3) is 0 Å². The Morgan fingerprint density at radius 3 is 2.63 bits per heavy atom. The number of rotatable bonds is 9. The molecule has 0 saturated heterocycles.